The summed E-state index contributed by atoms with van der Waals surface area (Å²) >= 11 is 0. The molecule has 0 radical (unpaired) electrons. The van der Waals surface area contributed by atoms with Gasteiger partial charge in [0.15, 0.2) is 0 Å². The molecule has 0 aliphatic carbocycles. The lowest BCUT2D eigenvalue weighted by Crippen LogP contribution is -2.14. The van der Waals surface area contributed by atoms with E-state index < -0.39 is 0 Å². The van der Waals surface area contributed by atoms with Crippen molar-refractivity contribution < 1.29 is 4.79 Å². The van der Waals surface area contributed by atoms with E-state index in [1.165, 1.54) is 6.92 Å². The molecule has 0 fully saturated rings. The molecular formula is C6H12N2O. The van der Waals surface area contributed by atoms with E-state index in [1.807, 2.05) is 6.92 Å². The molecule has 3 heteroatoms. The van der Waals surface area contributed by atoms with Gasteiger partial charge in [-0.05, 0) is 12.5 Å². The molecule has 0 saturated carbocycles. The van der Waals surface area contributed by atoms with E-state index in [1.54, 1.807) is 6.20 Å². The Kier molecular flexibility index (Phi) is 3.71. The zero-order valence-electron chi connectivity index (χ0n) is 5.77. The minimum absolute atomic E-state index is 0.0669. The first-order valence-corrected chi connectivity index (χ1v) is 2.79. The zero-order chi connectivity index (χ0) is 7.28. The maximum Gasteiger partial charge on any atom is 0.220 e. The Morgan fingerprint density at radius 3 is 2.56 bits per heavy atom. The third-order valence-electron chi connectivity index (χ3n) is 0.844. The summed E-state index contributed by atoms with van der Waals surface area (Å²) in [5.41, 5.74) is 6.20. The molecule has 0 rings (SSSR count). The Labute approximate surface area is 54.9 Å². The molecule has 0 spiro atoms. The lowest BCUT2D eigenvalue weighted by Gasteiger charge is -1.94. The molecule has 3 nitrogen and oxygen atoms in total. The fourth-order valence-electron chi connectivity index (χ4n) is 0.284. The van der Waals surface area contributed by atoms with Crippen molar-refractivity contribution in [2.24, 2.45) is 5.73 Å². The summed E-state index contributed by atoms with van der Waals surface area (Å²) in [6, 6.07) is 0. The predicted molar refractivity (Wildman–Crippen MR) is 36.6 cm³/mol. The van der Waals surface area contributed by atoms with Gasteiger partial charge in [-0.1, -0.05) is 0 Å². The summed E-state index contributed by atoms with van der Waals surface area (Å²) < 4.78 is 0. The highest BCUT2D eigenvalue weighted by atomic mass is 16.1. The minimum Gasteiger partial charge on any atom is -0.333 e. The van der Waals surface area contributed by atoms with E-state index in [2.05, 4.69) is 5.32 Å². The van der Waals surface area contributed by atoms with Crippen molar-refractivity contribution in [3.8, 4) is 0 Å². The van der Waals surface area contributed by atoms with Gasteiger partial charge < -0.3 is 11.1 Å². The summed E-state index contributed by atoms with van der Waals surface area (Å²) in [5.74, 6) is -0.0669. The van der Waals surface area contributed by atoms with E-state index in [0.717, 1.165) is 5.57 Å². The van der Waals surface area contributed by atoms with E-state index in [9.17, 15) is 4.79 Å². The molecule has 1 amide bonds. The van der Waals surface area contributed by atoms with Crippen LogP contribution in [0.4, 0.5) is 0 Å². The molecule has 0 heterocycles. The maximum atomic E-state index is 10.3. The Morgan fingerprint density at radius 1 is 1.67 bits per heavy atom. The number of hydrogen-bond donors (Lipinski definition) is 2. The third kappa shape index (κ3) is 5.03. The van der Waals surface area contributed by atoms with E-state index in [0.29, 0.717) is 6.54 Å². The molecular weight excluding hydrogens is 116 g/mol. The fourth-order valence-corrected chi connectivity index (χ4v) is 0.284. The van der Waals surface area contributed by atoms with Crippen molar-refractivity contribution in [2.75, 3.05) is 6.54 Å². The van der Waals surface area contributed by atoms with Gasteiger partial charge in [0, 0.05) is 19.7 Å². The number of nitrogens with one attached hydrogen (secondary N) is 1. The lowest BCUT2D eigenvalue weighted by molar-refractivity contribution is -0.118. The van der Waals surface area contributed by atoms with Gasteiger partial charge in [-0.25, -0.2) is 0 Å². The standard InChI is InChI=1S/C6H12N2O/c1-5(3-7)4-8-6(2)9/h4H,3,7H2,1-2H3,(H,8,9)/b5-4-. The fraction of sp³-hybridized carbons (Fsp3) is 0.500. The quantitative estimate of drug-likeness (QED) is 0.549. The third-order valence-corrected chi connectivity index (χ3v) is 0.844. The Morgan fingerprint density at radius 2 is 2.22 bits per heavy atom. The summed E-state index contributed by atoms with van der Waals surface area (Å²) in [6.45, 7) is 3.80. The van der Waals surface area contributed by atoms with Gasteiger partial charge in [-0.2, -0.15) is 0 Å². The molecule has 0 aromatic heterocycles. The SMILES string of the molecule is CC(=O)N/C=C(/C)CN. The normalized spacial score (nSPS) is 11.2. The van der Waals surface area contributed by atoms with Crippen LogP contribution in [0.15, 0.2) is 11.8 Å². The van der Waals surface area contributed by atoms with Gasteiger partial charge in [0.2, 0.25) is 5.91 Å². The van der Waals surface area contributed by atoms with Crippen molar-refractivity contribution in [1.29, 1.82) is 0 Å². The van der Waals surface area contributed by atoms with Crippen molar-refractivity contribution in [3.05, 3.63) is 11.8 Å². The second kappa shape index (κ2) is 4.09. The molecule has 9 heavy (non-hydrogen) atoms. The highest BCUT2D eigenvalue weighted by Gasteiger charge is 1.84. The van der Waals surface area contributed by atoms with Gasteiger partial charge in [0.25, 0.3) is 0 Å². The first-order chi connectivity index (χ1) is 4.16. The molecule has 0 aliphatic rings. The van der Waals surface area contributed by atoms with Crippen LogP contribution in [0.1, 0.15) is 13.8 Å². The summed E-state index contributed by atoms with van der Waals surface area (Å²) in [6.07, 6.45) is 1.61. The number of carbonyl (C=O) groups is 1. The average molecular weight is 128 g/mol. The van der Waals surface area contributed by atoms with Gasteiger partial charge in [-0.15, -0.1) is 0 Å². The molecule has 0 aromatic rings. The van der Waals surface area contributed by atoms with Gasteiger partial charge in [-0.3, -0.25) is 4.79 Å². The van der Waals surface area contributed by atoms with Crippen molar-refractivity contribution in [1.82, 2.24) is 5.32 Å². The first kappa shape index (κ1) is 8.17. The predicted octanol–water partition coefficient (Wildman–Crippen LogP) is -0.0150. The van der Waals surface area contributed by atoms with Crippen LogP contribution < -0.4 is 11.1 Å². The zero-order valence-corrected chi connectivity index (χ0v) is 5.77. The van der Waals surface area contributed by atoms with Crippen molar-refractivity contribution >= 4 is 5.91 Å². The summed E-state index contributed by atoms with van der Waals surface area (Å²) in [7, 11) is 0. The molecule has 0 aromatic carbocycles. The summed E-state index contributed by atoms with van der Waals surface area (Å²) in [4.78, 5) is 10.3. The van der Waals surface area contributed by atoms with Crippen LogP contribution in [-0.2, 0) is 4.79 Å². The molecule has 52 valence electrons. The van der Waals surface area contributed by atoms with E-state index >= 15 is 0 Å². The number of amides is 1. The number of carbonyl (C=O) groups excluding carboxylic acids is 1. The minimum atomic E-state index is -0.0669. The number of rotatable bonds is 2. The van der Waals surface area contributed by atoms with Crippen molar-refractivity contribution in [2.45, 2.75) is 13.8 Å². The van der Waals surface area contributed by atoms with Gasteiger partial charge in [0.1, 0.15) is 0 Å². The highest BCUT2D eigenvalue weighted by Crippen LogP contribution is 1.82. The van der Waals surface area contributed by atoms with Crippen LogP contribution in [0.25, 0.3) is 0 Å². The van der Waals surface area contributed by atoms with Crippen LogP contribution in [-0.4, -0.2) is 12.5 Å². The number of nitrogens with two attached hydrogens (primary N) is 1. The second-order valence-corrected chi connectivity index (χ2v) is 1.90. The van der Waals surface area contributed by atoms with Crippen LogP contribution in [0, 0.1) is 0 Å². The van der Waals surface area contributed by atoms with Gasteiger partial charge >= 0.3 is 0 Å². The molecule has 0 unspecified atom stereocenters. The maximum absolute atomic E-state index is 10.3. The molecule has 0 saturated heterocycles. The van der Waals surface area contributed by atoms with Crippen LogP contribution in [0.3, 0.4) is 0 Å². The largest absolute Gasteiger partial charge is 0.333 e. The average Bonchev–Trinajstić information content (AvgIpc) is 1.83. The molecule has 3 N–H and O–H groups in total. The van der Waals surface area contributed by atoms with E-state index in [4.69, 9.17) is 5.73 Å². The Hall–Kier alpha value is -0.830. The molecule has 0 aliphatic heterocycles. The smallest absolute Gasteiger partial charge is 0.220 e. The summed E-state index contributed by atoms with van der Waals surface area (Å²) in [5, 5.41) is 2.52. The molecule has 0 atom stereocenters. The van der Waals surface area contributed by atoms with Crippen LogP contribution >= 0.6 is 0 Å². The monoisotopic (exact) mass is 128 g/mol. The Bertz CT molecular complexity index is 129. The topological polar surface area (TPSA) is 55.1 Å². The first-order valence-electron chi connectivity index (χ1n) is 2.79. The second-order valence-electron chi connectivity index (χ2n) is 1.90. The molecule has 0 bridgehead atoms. The van der Waals surface area contributed by atoms with Crippen LogP contribution in [0.2, 0.25) is 0 Å². The Balaban J connectivity index is 3.56. The number of hydrogen-bond acceptors (Lipinski definition) is 2. The lowest BCUT2D eigenvalue weighted by atomic mass is 10.3. The van der Waals surface area contributed by atoms with Crippen LogP contribution in [0.5, 0.6) is 0 Å². The van der Waals surface area contributed by atoms with Crippen molar-refractivity contribution in [3.63, 3.8) is 0 Å². The van der Waals surface area contributed by atoms with E-state index in [-0.39, 0.29) is 5.91 Å². The van der Waals surface area contributed by atoms with Gasteiger partial charge in [0.05, 0.1) is 0 Å². The highest BCUT2D eigenvalue weighted by molar-refractivity contribution is 5.73.